The summed E-state index contributed by atoms with van der Waals surface area (Å²) in [6, 6.07) is 6.92. The summed E-state index contributed by atoms with van der Waals surface area (Å²) in [6.07, 6.45) is 0. The molecule has 5 nitrogen and oxygen atoms in total. The smallest absolute Gasteiger partial charge is 0.279 e. The molecule has 1 atom stereocenters. The Bertz CT molecular complexity index is 464. The monoisotopic (exact) mass is 266 g/mol. The molecular formula is C12H14N2O3S. The Morgan fingerprint density at radius 2 is 2.28 bits per heavy atom. The largest absolute Gasteiger partial charge is 0.392 e. The quantitative estimate of drug-likeness (QED) is 0.746. The number of rotatable bonds is 4. The minimum absolute atomic E-state index is 0.0168. The van der Waals surface area contributed by atoms with Gasteiger partial charge in [0.25, 0.3) is 5.24 Å². The average Bonchev–Trinajstić information content (AvgIpc) is 2.83. The van der Waals surface area contributed by atoms with Gasteiger partial charge < -0.3 is 15.7 Å². The normalized spacial score (nSPS) is 18.5. The molecule has 96 valence electrons. The van der Waals surface area contributed by atoms with Crippen molar-refractivity contribution in [2.24, 2.45) is 0 Å². The number of hydrogen-bond donors (Lipinski definition) is 3. The number of amides is 2. The molecule has 0 spiro atoms. The van der Waals surface area contributed by atoms with Crippen LogP contribution in [0.25, 0.3) is 0 Å². The Morgan fingerprint density at radius 3 is 2.94 bits per heavy atom. The van der Waals surface area contributed by atoms with Crippen LogP contribution >= 0.6 is 11.8 Å². The van der Waals surface area contributed by atoms with Gasteiger partial charge in [-0.15, -0.1) is 0 Å². The molecule has 1 aromatic carbocycles. The van der Waals surface area contributed by atoms with Crippen LogP contribution in [-0.2, 0) is 17.9 Å². The Labute approximate surface area is 109 Å². The Kier molecular flexibility index (Phi) is 4.22. The van der Waals surface area contributed by atoms with Gasteiger partial charge in [-0.3, -0.25) is 9.59 Å². The summed E-state index contributed by atoms with van der Waals surface area (Å²) in [7, 11) is 0. The van der Waals surface area contributed by atoms with Gasteiger partial charge in [0, 0.05) is 12.3 Å². The van der Waals surface area contributed by atoms with Crippen LogP contribution in [0.5, 0.6) is 0 Å². The fourth-order valence-electron chi connectivity index (χ4n) is 1.68. The molecule has 0 bridgehead atoms. The zero-order valence-corrected chi connectivity index (χ0v) is 10.5. The highest BCUT2D eigenvalue weighted by Gasteiger charge is 2.27. The van der Waals surface area contributed by atoms with Crippen molar-refractivity contribution in [3.05, 3.63) is 35.4 Å². The first-order valence-corrected chi connectivity index (χ1v) is 6.57. The third-order valence-corrected chi connectivity index (χ3v) is 3.51. The molecule has 0 radical (unpaired) electrons. The minimum Gasteiger partial charge on any atom is -0.392 e. The molecular weight excluding hydrogens is 252 g/mol. The van der Waals surface area contributed by atoms with Crippen LogP contribution in [-0.4, -0.2) is 28.0 Å². The molecule has 0 aromatic heterocycles. The van der Waals surface area contributed by atoms with Crippen LogP contribution in [0.4, 0.5) is 4.79 Å². The Morgan fingerprint density at radius 1 is 1.50 bits per heavy atom. The maximum Gasteiger partial charge on any atom is 0.279 e. The molecule has 1 fully saturated rings. The van der Waals surface area contributed by atoms with Gasteiger partial charge >= 0.3 is 0 Å². The van der Waals surface area contributed by atoms with Crippen LogP contribution in [0, 0.1) is 0 Å². The molecule has 1 heterocycles. The van der Waals surface area contributed by atoms with Gasteiger partial charge in [-0.1, -0.05) is 36.0 Å². The van der Waals surface area contributed by atoms with Crippen LogP contribution in [0.3, 0.4) is 0 Å². The second kappa shape index (κ2) is 5.88. The molecule has 1 aromatic rings. The third-order valence-electron chi connectivity index (χ3n) is 2.63. The second-order valence-electron chi connectivity index (χ2n) is 3.99. The van der Waals surface area contributed by atoms with Crippen molar-refractivity contribution in [3.63, 3.8) is 0 Å². The van der Waals surface area contributed by atoms with E-state index in [0.29, 0.717) is 12.3 Å². The summed E-state index contributed by atoms with van der Waals surface area (Å²) in [4.78, 5) is 22.7. The maximum atomic E-state index is 11.7. The van der Waals surface area contributed by atoms with E-state index in [1.807, 2.05) is 24.3 Å². The van der Waals surface area contributed by atoms with E-state index in [1.54, 1.807) is 0 Å². The molecule has 2 rings (SSSR count). The molecule has 1 aliphatic rings. The number of aliphatic hydroxyl groups excluding tert-OH is 1. The number of hydrogen-bond acceptors (Lipinski definition) is 4. The van der Waals surface area contributed by atoms with Crippen molar-refractivity contribution in [1.29, 1.82) is 0 Å². The summed E-state index contributed by atoms with van der Waals surface area (Å²) >= 11 is 1.12. The van der Waals surface area contributed by atoms with E-state index in [2.05, 4.69) is 10.6 Å². The van der Waals surface area contributed by atoms with Crippen LogP contribution in [0.1, 0.15) is 11.1 Å². The highest BCUT2D eigenvalue weighted by molar-refractivity contribution is 8.14. The molecule has 1 unspecified atom stereocenters. The van der Waals surface area contributed by atoms with Crippen LogP contribution in [0.15, 0.2) is 24.3 Å². The van der Waals surface area contributed by atoms with E-state index >= 15 is 0 Å². The van der Waals surface area contributed by atoms with Gasteiger partial charge in [0.05, 0.1) is 6.61 Å². The number of nitrogens with one attached hydrogen (secondary N) is 2. The van der Waals surface area contributed by atoms with Gasteiger partial charge in [-0.25, -0.2) is 0 Å². The standard InChI is InChI=1S/C12H14N2O3S/c15-6-9-3-1-2-8(4-9)5-13-11(16)10-7-18-12(17)14-10/h1-4,10,15H,5-7H2,(H,13,16)(H,14,17). The van der Waals surface area contributed by atoms with Gasteiger partial charge in [-0.05, 0) is 11.1 Å². The van der Waals surface area contributed by atoms with E-state index < -0.39 is 6.04 Å². The zero-order chi connectivity index (χ0) is 13.0. The highest BCUT2D eigenvalue weighted by atomic mass is 32.2. The lowest BCUT2D eigenvalue weighted by Gasteiger charge is -2.10. The summed E-state index contributed by atoms with van der Waals surface area (Å²) in [5.74, 6) is 0.296. The van der Waals surface area contributed by atoms with Gasteiger partial charge in [0.15, 0.2) is 0 Å². The molecule has 3 N–H and O–H groups in total. The predicted molar refractivity (Wildman–Crippen MR) is 69.0 cm³/mol. The van der Waals surface area contributed by atoms with E-state index in [4.69, 9.17) is 5.11 Å². The van der Waals surface area contributed by atoms with E-state index in [1.165, 1.54) is 0 Å². The molecule has 1 aliphatic heterocycles. The predicted octanol–water partition coefficient (Wildman–Crippen LogP) is 0.620. The van der Waals surface area contributed by atoms with Gasteiger partial charge in [0.2, 0.25) is 5.91 Å². The lowest BCUT2D eigenvalue weighted by atomic mass is 10.1. The van der Waals surface area contributed by atoms with Crippen molar-refractivity contribution >= 4 is 22.9 Å². The first-order chi connectivity index (χ1) is 8.69. The van der Waals surface area contributed by atoms with Crippen molar-refractivity contribution in [3.8, 4) is 0 Å². The van der Waals surface area contributed by atoms with Gasteiger partial charge in [0.1, 0.15) is 6.04 Å². The van der Waals surface area contributed by atoms with E-state index in [9.17, 15) is 9.59 Å². The molecule has 18 heavy (non-hydrogen) atoms. The molecule has 1 saturated heterocycles. The average molecular weight is 266 g/mol. The minimum atomic E-state index is -0.441. The van der Waals surface area contributed by atoms with Crippen LogP contribution in [0.2, 0.25) is 0 Å². The fourth-order valence-corrected chi connectivity index (χ4v) is 2.45. The maximum absolute atomic E-state index is 11.7. The second-order valence-corrected chi connectivity index (χ2v) is 4.98. The van der Waals surface area contributed by atoms with Crippen molar-refractivity contribution in [2.45, 2.75) is 19.2 Å². The number of thioether (sulfide) groups is 1. The molecule has 0 aliphatic carbocycles. The fraction of sp³-hybridized carbons (Fsp3) is 0.333. The molecule has 0 saturated carbocycles. The number of carbonyl (C=O) groups excluding carboxylic acids is 2. The zero-order valence-electron chi connectivity index (χ0n) is 9.68. The van der Waals surface area contributed by atoms with Crippen molar-refractivity contribution in [1.82, 2.24) is 10.6 Å². The summed E-state index contributed by atoms with van der Waals surface area (Å²) in [5, 5.41) is 14.2. The van der Waals surface area contributed by atoms with Crippen molar-refractivity contribution < 1.29 is 14.7 Å². The molecule has 2 amide bonds. The lowest BCUT2D eigenvalue weighted by Crippen LogP contribution is -2.42. The SMILES string of the molecule is O=C1NC(C(=O)NCc2cccc(CO)c2)CS1. The summed E-state index contributed by atoms with van der Waals surface area (Å²) in [5.41, 5.74) is 1.73. The lowest BCUT2D eigenvalue weighted by molar-refractivity contribution is -0.122. The molecule has 6 heteroatoms. The number of benzene rings is 1. The topological polar surface area (TPSA) is 78.4 Å². The highest BCUT2D eigenvalue weighted by Crippen LogP contribution is 2.13. The number of carbonyl (C=O) groups is 2. The first-order valence-electron chi connectivity index (χ1n) is 5.58. The van der Waals surface area contributed by atoms with E-state index in [-0.39, 0.29) is 17.8 Å². The third kappa shape index (κ3) is 3.24. The first kappa shape index (κ1) is 12.9. The van der Waals surface area contributed by atoms with E-state index in [0.717, 1.165) is 22.9 Å². The number of aliphatic hydroxyl groups is 1. The summed E-state index contributed by atoms with van der Waals surface area (Å²) in [6.45, 7) is 0.376. The van der Waals surface area contributed by atoms with Crippen LogP contribution < -0.4 is 10.6 Å². The Hall–Kier alpha value is -1.53. The Balaban J connectivity index is 1.87. The summed E-state index contributed by atoms with van der Waals surface area (Å²) < 4.78 is 0. The van der Waals surface area contributed by atoms with Crippen molar-refractivity contribution in [2.75, 3.05) is 5.75 Å². The van der Waals surface area contributed by atoms with Gasteiger partial charge in [-0.2, -0.15) is 0 Å².